The third-order valence-corrected chi connectivity index (χ3v) is 3.37. The molecule has 0 aliphatic heterocycles. The van der Waals surface area contributed by atoms with Gasteiger partial charge in [0.2, 0.25) is 0 Å². The summed E-state index contributed by atoms with van der Waals surface area (Å²) in [5.41, 5.74) is 2.16. The highest BCUT2D eigenvalue weighted by atomic mass is 16.2. The number of rotatable bonds is 5. The first-order valence-corrected chi connectivity index (χ1v) is 7.40. The molecule has 2 aromatic carbocycles. The van der Waals surface area contributed by atoms with Crippen LogP contribution in [-0.2, 0) is 11.3 Å². The molecular formula is C19H17N3O2. The third-order valence-electron chi connectivity index (χ3n) is 3.37. The second-order valence-electron chi connectivity index (χ2n) is 5.04. The van der Waals surface area contributed by atoms with Crippen LogP contribution in [0, 0.1) is 11.3 Å². The van der Waals surface area contributed by atoms with Gasteiger partial charge in [0.05, 0.1) is 0 Å². The molecule has 0 aromatic heterocycles. The van der Waals surface area contributed by atoms with Gasteiger partial charge in [-0.1, -0.05) is 42.5 Å². The van der Waals surface area contributed by atoms with E-state index in [2.05, 4.69) is 10.6 Å². The van der Waals surface area contributed by atoms with E-state index in [1.807, 2.05) is 36.4 Å². The highest BCUT2D eigenvalue weighted by Gasteiger charge is 2.09. The zero-order chi connectivity index (χ0) is 17.4. The molecule has 24 heavy (non-hydrogen) atoms. The van der Waals surface area contributed by atoms with Gasteiger partial charge < -0.3 is 10.6 Å². The molecule has 0 fully saturated rings. The van der Waals surface area contributed by atoms with Crippen LogP contribution in [0.15, 0.2) is 60.2 Å². The summed E-state index contributed by atoms with van der Waals surface area (Å²) in [6.07, 6.45) is 1.49. The Morgan fingerprint density at radius 2 is 1.75 bits per heavy atom. The molecule has 0 heterocycles. The van der Waals surface area contributed by atoms with Crippen molar-refractivity contribution in [1.82, 2.24) is 10.6 Å². The average Bonchev–Trinajstić information content (AvgIpc) is 2.64. The average molecular weight is 319 g/mol. The quantitative estimate of drug-likeness (QED) is 0.655. The molecule has 2 N–H and O–H groups in total. The predicted molar refractivity (Wildman–Crippen MR) is 91.7 cm³/mol. The van der Waals surface area contributed by atoms with Crippen LogP contribution < -0.4 is 10.6 Å². The number of carbonyl (C=O) groups is 2. The Morgan fingerprint density at radius 3 is 2.33 bits per heavy atom. The molecule has 0 radical (unpaired) electrons. The van der Waals surface area contributed by atoms with Crippen molar-refractivity contribution in [2.45, 2.75) is 6.54 Å². The molecule has 2 aromatic rings. The number of nitrogens with zero attached hydrogens (tertiary/aromatic N) is 1. The first-order valence-electron chi connectivity index (χ1n) is 7.40. The maximum Gasteiger partial charge on any atom is 0.262 e. The number of hydrogen-bond donors (Lipinski definition) is 2. The van der Waals surface area contributed by atoms with E-state index in [1.54, 1.807) is 31.3 Å². The van der Waals surface area contributed by atoms with E-state index in [9.17, 15) is 14.9 Å². The van der Waals surface area contributed by atoms with Crippen LogP contribution in [0.25, 0.3) is 6.08 Å². The number of benzene rings is 2. The lowest BCUT2D eigenvalue weighted by atomic mass is 10.1. The van der Waals surface area contributed by atoms with Crippen molar-refractivity contribution in [3.05, 3.63) is 76.9 Å². The van der Waals surface area contributed by atoms with E-state index in [0.717, 1.165) is 5.56 Å². The minimum Gasteiger partial charge on any atom is -0.355 e. The van der Waals surface area contributed by atoms with Gasteiger partial charge in [0, 0.05) is 19.2 Å². The van der Waals surface area contributed by atoms with Crippen molar-refractivity contribution in [2.24, 2.45) is 0 Å². The van der Waals surface area contributed by atoms with Crippen LogP contribution in [0.4, 0.5) is 0 Å². The van der Waals surface area contributed by atoms with Gasteiger partial charge >= 0.3 is 0 Å². The molecule has 0 saturated heterocycles. The summed E-state index contributed by atoms with van der Waals surface area (Å²) < 4.78 is 0. The van der Waals surface area contributed by atoms with Crippen LogP contribution in [0.3, 0.4) is 0 Å². The fraction of sp³-hybridized carbons (Fsp3) is 0.105. The SMILES string of the molecule is CNC(=O)c1ccc(/C=C(/C#N)C(=O)NCc2ccccc2)cc1. The van der Waals surface area contributed by atoms with Gasteiger partial charge in [0.1, 0.15) is 11.6 Å². The van der Waals surface area contributed by atoms with Gasteiger partial charge in [-0.3, -0.25) is 9.59 Å². The van der Waals surface area contributed by atoms with E-state index >= 15 is 0 Å². The van der Waals surface area contributed by atoms with Gasteiger partial charge in [-0.15, -0.1) is 0 Å². The summed E-state index contributed by atoms with van der Waals surface area (Å²) in [6.45, 7) is 0.355. The fourth-order valence-electron chi connectivity index (χ4n) is 2.06. The van der Waals surface area contributed by atoms with Crippen molar-refractivity contribution >= 4 is 17.9 Å². The zero-order valence-electron chi connectivity index (χ0n) is 13.2. The standard InChI is InChI=1S/C19H17N3O2/c1-21-18(23)16-9-7-14(8-10-16)11-17(12-20)19(24)22-13-15-5-3-2-4-6-15/h2-11H,13H2,1H3,(H,21,23)(H,22,24)/b17-11-. The van der Waals surface area contributed by atoms with Crippen LogP contribution in [-0.4, -0.2) is 18.9 Å². The van der Waals surface area contributed by atoms with Crippen molar-refractivity contribution in [1.29, 1.82) is 5.26 Å². The molecule has 0 unspecified atom stereocenters. The predicted octanol–water partition coefficient (Wildman–Crippen LogP) is 2.27. The lowest BCUT2D eigenvalue weighted by molar-refractivity contribution is -0.117. The maximum atomic E-state index is 12.1. The normalized spacial score (nSPS) is 10.6. The molecule has 0 aliphatic rings. The first-order chi connectivity index (χ1) is 11.6. The highest BCUT2D eigenvalue weighted by Crippen LogP contribution is 2.09. The minimum atomic E-state index is -0.434. The van der Waals surface area contributed by atoms with Crippen LogP contribution >= 0.6 is 0 Å². The summed E-state index contributed by atoms with van der Waals surface area (Å²) in [4.78, 5) is 23.6. The van der Waals surface area contributed by atoms with Crippen molar-refractivity contribution in [3.8, 4) is 6.07 Å². The molecule has 5 nitrogen and oxygen atoms in total. The summed E-state index contributed by atoms with van der Waals surface area (Å²) in [5, 5.41) is 14.4. The van der Waals surface area contributed by atoms with Gasteiger partial charge in [-0.05, 0) is 29.3 Å². The van der Waals surface area contributed by atoms with Crippen LogP contribution in [0.2, 0.25) is 0 Å². The molecule has 0 saturated carbocycles. The number of hydrogen-bond acceptors (Lipinski definition) is 3. The summed E-state index contributed by atoms with van der Waals surface area (Å²) in [7, 11) is 1.56. The number of nitriles is 1. The number of carbonyl (C=O) groups excluding carboxylic acids is 2. The lowest BCUT2D eigenvalue weighted by Crippen LogP contribution is -2.23. The van der Waals surface area contributed by atoms with Crippen LogP contribution in [0.1, 0.15) is 21.5 Å². The van der Waals surface area contributed by atoms with Gasteiger partial charge in [0.15, 0.2) is 0 Å². The molecule has 2 rings (SSSR count). The molecule has 0 atom stereocenters. The van der Waals surface area contributed by atoms with Crippen LogP contribution in [0.5, 0.6) is 0 Å². The molecule has 5 heteroatoms. The Morgan fingerprint density at radius 1 is 1.08 bits per heavy atom. The van der Waals surface area contributed by atoms with Crippen molar-refractivity contribution in [3.63, 3.8) is 0 Å². The van der Waals surface area contributed by atoms with E-state index in [4.69, 9.17) is 0 Å². The van der Waals surface area contributed by atoms with E-state index in [1.165, 1.54) is 6.08 Å². The van der Waals surface area contributed by atoms with Gasteiger partial charge in [0.25, 0.3) is 11.8 Å². The zero-order valence-corrected chi connectivity index (χ0v) is 13.2. The Bertz CT molecular complexity index is 788. The molecule has 2 amide bonds. The Labute approximate surface area is 140 Å². The number of amides is 2. The van der Waals surface area contributed by atoms with Crippen molar-refractivity contribution < 1.29 is 9.59 Å². The molecular weight excluding hydrogens is 302 g/mol. The third kappa shape index (κ3) is 4.55. The second-order valence-corrected chi connectivity index (χ2v) is 5.04. The second kappa shape index (κ2) is 8.30. The van der Waals surface area contributed by atoms with Gasteiger partial charge in [-0.2, -0.15) is 5.26 Å². The Kier molecular flexibility index (Phi) is 5.87. The fourth-order valence-corrected chi connectivity index (χ4v) is 2.06. The molecule has 120 valence electrons. The summed E-state index contributed by atoms with van der Waals surface area (Å²) >= 11 is 0. The smallest absolute Gasteiger partial charge is 0.262 e. The largest absolute Gasteiger partial charge is 0.355 e. The van der Waals surface area contributed by atoms with E-state index < -0.39 is 5.91 Å². The minimum absolute atomic E-state index is 0.0126. The Hall–Kier alpha value is -3.39. The van der Waals surface area contributed by atoms with E-state index in [0.29, 0.717) is 17.7 Å². The van der Waals surface area contributed by atoms with Gasteiger partial charge in [-0.25, -0.2) is 0 Å². The molecule has 0 aliphatic carbocycles. The van der Waals surface area contributed by atoms with E-state index in [-0.39, 0.29) is 11.5 Å². The summed E-state index contributed by atoms with van der Waals surface area (Å²) in [5.74, 6) is -0.622. The maximum absolute atomic E-state index is 12.1. The first kappa shape index (κ1) is 17.0. The number of nitrogens with one attached hydrogen (secondary N) is 2. The topological polar surface area (TPSA) is 82.0 Å². The molecule has 0 bridgehead atoms. The lowest BCUT2D eigenvalue weighted by Gasteiger charge is -2.05. The molecule has 0 spiro atoms. The monoisotopic (exact) mass is 319 g/mol. The van der Waals surface area contributed by atoms with Crippen molar-refractivity contribution in [2.75, 3.05) is 7.05 Å². The Balaban J connectivity index is 2.06. The highest BCUT2D eigenvalue weighted by molar-refractivity contribution is 6.01. The summed E-state index contributed by atoms with van der Waals surface area (Å²) in [6, 6.07) is 18.0.